The van der Waals surface area contributed by atoms with Gasteiger partial charge >= 0.3 is 0 Å². The first-order chi connectivity index (χ1) is 7.84. The highest BCUT2D eigenvalue weighted by Gasteiger charge is 2.19. The van der Waals surface area contributed by atoms with Gasteiger partial charge in [-0.1, -0.05) is 0 Å². The number of carbonyl (C=O) groups is 1. The van der Waals surface area contributed by atoms with Crippen LogP contribution in [0, 0.1) is 5.92 Å². The van der Waals surface area contributed by atoms with Crippen LogP contribution in [0.5, 0.6) is 0 Å². The number of hydrogen-bond acceptors (Lipinski definition) is 4. The molecule has 0 spiro atoms. The molecule has 92 valence electrons. The monoisotopic (exact) mass is 243 g/mol. The van der Waals surface area contributed by atoms with E-state index in [4.69, 9.17) is 0 Å². The van der Waals surface area contributed by atoms with Crippen molar-refractivity contribution in [3.05, 3.63) is 0 Å². The predicted molar refractivity (Wildman–Crippen MR) is 67.8 cm³/mol. The summed E-state index contributed by atoms with van der Waals surface area (Å²) in [5.74, 6) is 3.27. The Labute approximate surface area is 102 Å². The molecule has 2 aliphatic rings. The van der Waals surface area contributed by atoms with Gasteiger partial charge in [0.05, 0.1) is 0 Å². The van der Waals surface area contributed by atoms with E-state index in [1.165, 1.54) is 24.6 Å². The van der Waals surface area contributed by atoms with Crippen molar-refractivity contribution in [2.75, 3.05) is 50.8 Å². The van der Waals surface area contributed by atoms with Crippen LogP contribution in [0.4, 0.5) is 0 Å². The van der Waals surface area contributed by atoms with Gasteiger partial charge in [-0.15, -0.1) is 0 Å². The molecule has 2 aliphatic heterocycles. The molecule has 0 aromatic heterocycles. The van der Waals surface area contributed by atoms with Gasteiger partial charge in [0.2, 0.25) is 5.91 Å². The van der Waals surface area contributed by atoms with Gasteiger partial charge in [0.25, 0.3) is 0 Å². The fraction of sp³-hybridized carbons (Fsp3) is 0.909. The summed E-state index contributed by atoms with van der Waals surface area (Å²) in [5, 5.41) is 6.20. The van der Waals surface area contributed by atoms with Crippen LogP contribution in [0.2, 0.25) is 0 Å². The Hall–Kier alpha value is -0.260. The Morgan fingerprint density at radius 3 is 2.75 bits per heavy atom. The van der Waals surface area contributed by atoms with Gasteiger partial charge < -0.3 is 10.6 Å². The Bertz CT molecular complexity index is 227. The van der Waals surface area contributed by atoms with Crippen LogP contribution in [0.25, 0.3) is 0 Å². The highest BCUT2D eigenvalue weighted by atomic mass is 32.2. The lowest BCUT2D eigenvalue weighted by Gasteiger charge is -2.27. The molecule has 4 nitrogen and oxygen atoms in total. The van der Waals surface area contributed by atoms with Crippen molar-refractivity contribution < 1.29 is 4.79 Å². The fourth-order valence-electron chi connectivity index (χ4n) is 2.01. The lowest BCUT2D eigenvalue weighted by Crippen LogP contribution is -2.45. The van der Waals surface area contributed by atoms with Crippen LogP contribution in [0.3, 0.4) is 0 Å². The van der Waals surface area contributed by atoms with E-state index >= 15 is 0 Å². The molecule has 2 fully saturated rings. The maximum absolute atomic E-state index is 11.5. The number of nitrogens with one attached hydrogen (secondary N) is 2. The van der Waals surface area contributed by atoms with E-state index in [2.05, 4.69) is 15.5 Å². The third-order valence-electron chi connectivity index (χ3n) is 3.19. The van der Waals surface area contributed by atoms with Gasteiger partial charge in [0, 0.05) is 44.1 Å². The van der Waals surface area contributed by atoms with Crippen LogP contribution in [-0.2, 0) is 4.79 Å². The molecule has 0 aliphatic carbocycles. The summed E-state index contributed by atoms with van der Waals surface area (Å²) in [4.78, 5) is 14.0. The van der Waals surface area contributed by atoms with E-state index < -0.39 is 0 Å². The standard InChI is InChI=1S/C11H21N3OS/c15-11(7-10-8-12-9-10)13-1-2-14-3-5-16-6-4-14/h10,12H,1-9H2,(H,13,15). The molecule has 1 amide bonds. The Morgan fingerprint density at radius 2 is 2.12 bits per heavy atom. The fourth-order valence-corrected chi connectivity index (χ4v) is 2.98. The molecule has 0 radical (unpaired) electrons. The lowest BCUT2D eigenvalue weighted by atomic mass is 9.99. The Balaban J connectivity index is 1.51. The van der Waals surface area contributed by atoms with Crippen LogP contribution in [0.1, 0.15) is 6.42 Å². The van der Waals surface area contributed by atoms with Crippen molar-refractivity contribution in [2.24, 2.45) is 5.92 Å². The highest BCUT2D eigenvalue weighted by molar-refractivity contribution is 7.99. The van der Waals surface area contributed by atoms with Crippen molar-refractivity contribution >= 4 is 17.7 Å². The largest absolute Gasteiger partial charge is 0.355 e. The molecule has 2 heterocycles. The minimum absolute atomic E-state index is 0.220. The zero-order chi connectivity index (χ0) is 11.2. The molecule has 0 unspecified atom stereocenters. The van der Waals surface area contributed by atoms with E-state index in [-0.39, 0.29) is 5.91 Å². The van der Waals surface area contributed by atoms with Gasteiger partial charge in [-0.2, -0.15) is 11.8 Å². The molecule has 2 rings (SSSR count). The third-order valence-corrected chi connectivity index (χ3v) is 4.14. The van der Waals surface area contributed by atoms with Crippen LogP contribution in [0.15, 0.2) is 0 Å². The maximum Gasteiger partial charge on any atom is 0.220 e. The smallest absolute Gasteiger partial charge is 0.220 e. The lowest BCUT2D eigenvalue weighted by molar-refractivity contribution is -0.122. The second-order valence-electron chi connectivity index (χ2n) is 4.53. The maximum atomic E-state index is 11.5. The SMILES string of the molecule is O=C(CC1CNC1)NCCN1CCSCC1. The zero-order valence-electron chi connectivity index (χ0n) is 9.71. The van der Waals surface area contributed by atoms with Gasteiger partial charge in [-0.05, 0) is 19.0 Å². The molecule has 0 saturated carbocycles. The second-order valence-corrected chi connectivity index (χ2v) is 5.76. The molecular weight excluding hydrogens is 222 g/mol. The second kappa shape index (κ2) is 6.47. The van der Waals surface area contributed by atoms with E-state index in [1.54, 1.807) is 0 Å². The minimum Gasteiger partial charge on any atom is -0.355 e. The summed E-state index contributed by atoms with van der Waals surface area (Å²) in [6.45, 7) is 6.19. The third kappa shape index (κ3) is 3.96. The average molecular weight is 243 g/mol. The molecular formula is C11H21N3OS. The molecule has 0 aromatic carbocycles. The van der Waals surface area contributed by atoms with Gasteiger partial charge in [0.1, 0.15) is 0 Å². The minimum atomic E-state index is 0.220. The molecule has 2 saturated heterocycles. The van der Waals surface area contributed by atoms with Crippen LogP contribution in [-0.4, -0.2) is 61.6 Å². The summed E-state index contributed by atoms with van der Waals surface area (Å²) in [7, 11) is 0. The first kappa shape index (κ1) is 12.2. The zero-order valence-corrected chi connectivity index (χ0v) is 10.5. The number of hydrogen-bond donors (Lipinski definition) is 2. The topological polar surface area (TPSA) is 44.4 Å². The molecule has 0 bridgehead atoms. The normalized spacial score (nSPS) is 22.8. The van der Waals surface area contributed by atoms with E-state index in [0.29, 0.717) is 12.3 Å². The Kier molecular flexibility index (Phi) is 4.93. The van der Waals surface area contributed by atoms with Crippen LogP contribution < -0.4 is 10.6 Å². The highest BCUT2D eigenvalue weighted by Crippen LogP contribution is 2.09. The number of nitrogens with zero attached hydrogens (tertiary/aromatic N) is 1. The first-order valence-electron chi connectivity index (χ1n) is 6.12. The summed E-state index contributed by atoms with van der Waals surface area (Å²) < 4.78 is 0. The first-order valence-corrected chi connectivity index (χ1v) is 7.27. The van der Waals surface area contributed by atoms with Crippen molar-refractivity contribution in [3.63, 3.8) is 0 Å². The molecule has 5 heteroatoms. The van der Waals surface area contributed by atoms with Crippen molar-refractivity contribution in [1.82, 2.24) is 15.5 Å². The Morgan fingerprint density at radius 1 is 1.38 bits per heavy atom. The number of thioether (sulfide) groups is 1. The van der Waals surface area contributed by atoms with E-state index in [1.807, 2.05) is 11.8 Å². The average Bonchev–Trinajstić information content (AvgIpc) is 2.25. The summed E-state index contributed by atoms with van der Waals surface area (Å²) in [6.07, 6.45) is 0.697. The number of amides is 1. The quantitative estimate of drug-likeness (QED) is 0.699. The van der Waals surface area contributed by atoms with Crippen molar-refractivity contribution in [1.29, 1.82) is 0 Å². The summed E-state index contributed by atoms with van der Waals surface area (Å²) >= 11 is 2.02. The van der Waals surface area contributed by atoms with Gasteiger partial charge in [0.15, 0.2) is 0 Å². The van der Waals surface area contributed by atoms with Crippen molar-refractivity contribution in [2.45, 2.75) is 6.42 Å². The predicted octanol–water partition coefficient (Wildman–Crippen LogP) is -0.239. The van der Waals surface area contributed by atoms with E-state index in [0.717, 1.165) is 26.2 Å². The van der Waals surface area contributed by atoms with Gasteiger partial charge in [-0.3, -0.25) is 9.69 Å². The molecule has 0 aromatic rings. The molecule has 2 N–H and O–H groups in total. The van der Waals surface area contributed by atoms with Gasteiger partial charge in [-0.25, -0.2) is 0 Å². The van der Waals surface area contributed by atoms with Crippen molar-refractivity contribution in [3.8, 4) is 0 Å². The number of carbonyl (C=O) groups excluding carboxylic acids is 1. The van der Waals surface area contributed by atoms with E-state index in [9.17, 15) is 4.79 Å². The number of rotatable bonds is 5. The molecule has 0 atom stereocenters. The summed E-state index contributed by atoms with van der Waals surface area (Å²) in [5.41, 5.74) is 0. The van der Waals surface area contributed by atoms with Crippen LogP contribution >= 0.6 is 11.8 Å². The summed E-state index contributed by atoms with van der Waals surface area (Å²) in [6, 6.07) is 0. The molecule has 16 heavy (non-hydrogen) atoms.